The van der Waals surface area contributed by atoms with Gasteiger partial charge in [0, 0.05) is 17.1 Å². The van der Waals surface area contributed by atoms with Gasteiger partial charge in [0.25, 0.3) is 0 Å². The van der Waals surface area contributed by atoms with E-state index in [1.165, 1.54) is 27.5 Å². The van der Waals surface area contributed by atoms with E-state index in [0.29, 0.717) is 0 Å². The van der Waals surface area contributed by atoms with Crippen molar-refractivity contribution in [1.82, 2.24) is 0 Å². The lowest BCUT2D eigenvalue weighted by molar-refractivity contribution is 1.09. The number of anilines is 5. The zero-order chi connectivity index (χ0) is 35.0. The normalized spacial score (nSPS) is 11.0. The van der Waals surface area contributed by atoms with E-state index in [0.717, 1.165) is 39.6 Å². The van der Waals surface area contributed by atoms with E-state index < -0.39 is 0 Å². The first kappa shape index (κ1) is 32.2. The van der Waals surface area contributed by atoms with Gasteiger partial charge in [-0.3, -0.25) is 0 Å². The fourth-order valence-electron chi connectivity index (χ4n) is 6.47. The number of para-hydroxylation sites is 2. The molecule has 0 heterocycles. The molecule has 0 N–H and O–H groups in total. The molecule has 8 rings (SSSR count). The van der Waals surface area contributed by atoms with Gasteiger partial charge in [-0.15, -0.1) is 0 Å². The van der Waals surface area contributed by atoms with Gasteiger partial charge in [-0.2, -0.15) is 5.10 Å². The monoisotopic (exact) mass is 667 g/mol. The largest absolute Gasteiger partial charge is 0.311 e. The minimum absolute atomic E-state index is 0.999. The third-order valence-electron chi connectivity index (χ3n) is 9.10. The summed E-state index contributed by atoms with van der Waals surface area (Å²) in [6.45, 7) is 0. The smallest absolute Gasteiger partial charge is 0.0659 e. The molecule has 8 aromatic carbocycles. The predicted molar refractivity (Wildman–Crippen MR) is 221 cm³/mol. The highest BCUT2D eigenvalue weighted by Gasteiger charge is 2.13. The number of hydrazone groups is 1. The molecule has 3 nitrogen and oxygen atoms in total. The van der Waals surface area contributed by atoms with Crippen molar-refractivity contribution in [3.8, 4) is 0 Å². The summed E-state index contributed by atoms with van der Waals surface area (Å²) in [5, 5.41) is 9.38. The number of hydrogen-bond donors (Lipinski definition) is 0. The molecule has 0 radical (unpaired) electrons. The molecule has 0 bridgehead atoms. The van der Waals surface area contributed by atoms with Crippen LogP contribution in [0, 0.1) is 0 Å². The third kappa shape index (κ3) is 7.30. The number of fused-ring (bicyclic) bond motifs is 1. The van der Waals surface area contributed by atoms with Crippen LogP contribution < -0.4 is 9.91 Å². The Morgan fingerprint density at radius 1 is 0.365 bits per heavy atom. The van der Waals surface area contributed by atoms with Gasteiger partial charge in [0.1, 0.15) is 0 Å². The summed E-state index contributed by atoms with van der Waals surface area (Å²) in [6.07, 6.45) is 4.20. The van der Waals surface area contributed by atoms with Crippen molar-refractivity contribution in [1.29, 1.82) is 0 Å². The van der Waals surface area contributed by atoms with Gasteiger partial charge < -0.3 is 4.90 Å². The highest BCUT2D eigenvalue weighted by atomic mass is 15.5. The number of hydrogen-bond acceptors (Lipinski definition) is 3. The fraction of sp³-hybridized carbons (Fsp3) is 0. The molecule has 0 atom stereocenters. The second-order valence-electron chi connectivity index (χ2n) is 12.6. The summed E-state index contributed by atoms with van der Waals surface area (Å²) in [5.41, 5.74) is 11.0. The predicted octanol–water partition coefficient (Wildman–Crippen LogP) is 13.1. The van der Waals surface area contributed by atoms with Gasteiger partial charge >= 0.3 is 0 Å². The fourth-order valence-corrected chi connectivity index (χ4v) is 6.47. The van der Waals surface area contributed by atoms with Crippen molar-refractivity contribution in [3.63, 3.8) is 0 Å². The second kappa shape index (κ2) is 15.3. The van der Waals surface area contributed by atoms with Crippen molar-refractivity contribution >= 4 is 57.1 Å². The zero-order valence-corrected chi connectivity index (χ0v) is 28.7. The van der Waals surface area contributed by atoms with Gasteiger partial charge in [-0.05, 0) is 105 Å². The van der Waals surface area contributed by atoms with Crippen LogP contribution in [0.4, 0.5) is 28.4 Å². The highest BCUT2D eigenvalue weighted by Crippen LogP contribution is 2.35. The molecule has 0 aromatic heterocycles. The number of nitrogens with zero attached hydrogens (tertiary/aromatic N) is 3. The quantitative estimate of drug-likeness (QED) is 0.0821. The summed E-state index contributed by atoms with van der Waals surface area (Å²) >= 11 is 0. The maximum absolute atomic E-state index is 5.00. The molecule has 8 aromatic rings. The Labute approximate surface area is 305 Å². The van der Waals surface area contributed by atoms with E-state index in [2.05, 4.69) is 205 Å². The standard InChI is InChI=1S/C49H37N3/c1-5-16-41(17-6-1)49(42-18-7-2-8-19-42)35-38-25-30-45(31-26-38)51(44-21-9-3-10-22-44)46-32-27-39(28-33-46)37-50-52(47-23-11-4-12-24-47)48-34-29-40-15-13-14-20-43(40)36-48/h1-37H/b50-37+. The molecule has 248 valence electrons. The van der Waals surface area contributed by atoms with Gasteiger partial charge in [-0.25, -0.2) is 5.01 Å². The van der Waals surface area contributed by atoms with Crippen LogP contribution in [0.25, 0.3) is 22.4 Å². The minimum Gasteiger partial charge on any atom is -0.311 e. The van der Waals surface area contributed by atoms with Crippen LogP contribution >= 0.6 is 0 Å². The molecule has 0 unspecified atom stereocenters. The lowest BCUT2D eigenvalue weighted by atomic mass is 9.95. The summed E-state index contributed by atoms with van der Waals surface area (Å²) in [6, 6.07) is 74.2. The molecule has 0 saturated carbocycles. The molecule has 0 fully saturated rings. The Morgan fingerprint density at radius 3 is 1.38 bits per heavy atom. The third-order valence-corrected chi connectivity index (χ3v) is 9.10. The Bertz CT molecular complexity index is 2380. The van der Waals surface area contributed by atoms with Gasteiger partial charge in [-0.1, -0.05) is 152 Å². The summed E-state index contributed by atoms with van der Waals surface area (Å²) in [5.74, 6) is 0. The SMILES string of the molecule is C(=C(c1ccccc1)c1ccccc1)c1ccc(N(c2ccccc2)c2ccc(/C=N/N(c3ccccc3)c3ccc4ccccc4c3)cc2)cc1. The maximum Gasteiger partial charge on any atom is 0.0659 e. The van der Waals surface area contributed by atoms with E-state index in [9.17, 15) is 0 Å². The van der Waals surface area contributed by atoms with Crippen molar-refractivity contribution < 1.29 is 0 Å². The molecule has 0 aliphatic rings. The maximum atomic E-state index is 5.00. The molecule has 52 heavy (non-hydrogen) atoms. The molecule has 0 aliphatic heterocycles. The van der Waals surface area contributed by atoms with E-state index in [-0.39, 0.29) is 0 Å². The van der Waals surface area contributed by atoms with Crippen LogP contribution in [0.5, 0.6) is 0 Å². The zero-order valence-electron chi connectivity index (χ0n) is 28.7. The average Bonchev–Trinajstić information content (AvgIpc) is 3.22. The minimum atomic E-state index is 0.999. The van der Waals surface area contributed by atoms with Crippen LogP contribution in [0.1, 0.15) is 22.3 Å². The first-order valence-corrected chi connectivity index (χ1v) is 17.5. The number of benzene rings is 8. The van der Waals surface area contributed by atoms with Gasteiger partial charge in [0.15, 0.2) is 0 Å². The molecule has 0 spiro atoms. The molecule has 0 aliphatic carbocycles. The van der Waals surface area contributed by atoms with Gasteiger partial charge in [0.05, 0.1) is 17.6 Å². The van der Waals surface area contributed by atoms with E-state index in [4.69, 9.17) is 5.10 Å². The van der Waals surface area contributed by atoms with Crippen molar-refractivity contribution in [2.75, 3.05) is 9.91 Å². The van der Waals surface area contributed by atoms with E-state index in [1.54, 1.807) is 0 Å². The molecule has 0 amide bonds. The molecular weight excluding hydrogens is 631 g/mol. The van der Waals surface area contributed by atoms with Gasteiger partial charge in [0.2, 0.25) is 0 Å². The van der Waals surface area contributed by atoms with Crippen LogP contribution in [-0.2, 0) is 0 Å². The van der Waals surface area contributed by atoms with Crippen LogP contribution in [-0.4, -0.2) is 6.21 Å². The van der Waals surface area contributed by atoms with E-state index in [1.807, 2.05) is 29.4 Å². The van der Waals surface area contributed by atoms with E-state index >= 15 is 0 Å². The topological polar surface area (TPSA) is 18.8 Å². The first-order valence-electron chi connectivity index (χ1n) is 17.5. The first-order chi connectivity index (χ1) is 25.8. The Balaban J connectivity index is 1.10. The van der Waals surface area contributed by atoms with Crippen LogP contribution in [0.15, 0.2) is 217 Å². The van der Waals surface area contributed by atoms with Crippen molar-refractivity contribution in [2.24, 2.45) is 5.10 Å². The molecule has 3 heteroatoms. The Hall–Kier alpha value is -6.97. The second-order valence-corrected chi connectivity index (χ2v) is 12.6. The molecule has 0 saturated heterocycles. The summed E-state index contributed by atoms with van der Waals surface area (Å²) in [7, 11) is 0. The highest BCUT2D eigenvalue weighted by molar-refractivity contribution is 5.92. The Morgan fingerprint density at radius 2 is 0.808 bits per heavy atom. The summed E-state index contributed by atoms with van der Waals surface area (Å²) < 4.78 is 0. The summed E-state index contributed by atoms with van der Waals surface area (Å²) in [4.78, 5) is 2.29. The van der Waals surface area contributed by atoms with Crippen LogP contribution in [0.2, 0.25) is 0 Å². The molecular formula is C49H37N3. The Kier molecular flexibility index (Phi) is 9.48. The average molecular weight is 668 g/mol. The van der Waals surface area contributed by atoms with Crippen molar-refractivity contribution in [2.45, 2.75) is 0 Å². The van der Waals surface area contributed by atoms with Crippen molar-refractivity contribution in [3.05, 3.63) is 235 Å². The number of rotatable bonds is 10. The lowest BCUT2D eigenvalue weighted by Crippen LogP contribution is -2.10. The van der Waals surface area contributed by atoms with Crippen LogP contribution in [0.3, 0.4) is 0 Å². The lowest BCUT2D eigenvalue weighted by Gasteiger charge is -2.25.